The Labute approximate surface area is 163 Å². The van der Waals surface area contributed by atoms with Gasteiger partial charge in [0.2, 0.25) is 11.8 Å². The first-order chi connectivity index (χ1) is 13.5. The highest BCUT2D eigenvalue weighted by atomic mass is 16.5. The van der Waals surface area contributed by atoms with Crippen LogP contribution in [0.3, 0.4) is 0 Å². The largest absolute Gasteiger partial charge is 0.495 e. The lowest BCUT2D eigenvalue weighted by Crippen LogP contribution is -2.40. The Bertz CT molecular complexity index is 824. The van der Waals surface area contributed by atoms with Gasteiger partial charge in [-0.15, -0.1) is 0 Å². The average Bonchev–Trinajstić information content (AvgIpc) is 2.70. The minimum absolute atomic E-state index is 0.106. The van der Waals surface area contributed by atoms with Gasteiger partial charge < -0.3 is 25.4 Å². The van der Waals surface area contributed by atoms with Crippen LogP contribution in [0.2, 0.25) is 0 Å². The molecule has 0 spiro atoms. The molecule has 148 valence electrons. The Morgan fingerprint density at radius 3 is 2.36 bits per heavy atom. The van der Waals surface area contributed by atoms with E-state index in [0.717, 1.165) is 11.1 Å². The number of ether oxygens (including phenoxy) is 2. The van der Waals surface area contributed by atoms with Crippen LogP contribution in [0.15, 0.2) is 48.5 Å². The normalized spacial score (nSPS) is 9.93. The molecule has 2 rings (SSSR count). The lowest BCUT2D eigenvalue weighted by molar-refractivity contribution is -0.123. The van der Waals surface area contributed by atoms with Gasteiger partial charge in [0.1, 0.15) is 18.9 Å². The number of benzene rings is 2. The monoisotopic (exact) mass is 385 g/mol. The summed E-state index contributed by atoms with van der Waals surface area (Å²) in [7, 11) is 1.50. The van der Waals surface area contributed by atoms with E-state index in [1.54, 1.807) is 12.1 Å². The topological polar surface area (TPSA) is 106 Å². The van der Waals surface area contributed by atoms with Gasteiger partial charge >= 0.3 is 6.09 Å². The zero-order chi connectivity index (χ0) is 20.4. The maximum absolute atomic E-state index is 12.0. The Balaban J connectivity index is 1.68. The van der Waals surface area contributed by atoms with Gasteiger partial charge in [-0.1, -0.05) is 36.4 Å². The summed E-state index contributed by atoms with van der Waals surface area (Å²) >= 11 is 0. The van der Waals surface area contributed by atoms with Crippen LogP contribution in [0, 0.1) is 6.92 Å². The molecular weight excluding hydrogens is 362 g/mol. The predicted molar refractivity (Wildman–Crippen MR) is 104 cm³/mol. The second-order valence-corrected chi connectivity index (χ2v) is 5.94. The van der Waals surface area contributed by atoms with Crippen LogP contribution in [0.4, 0.5) is 10.5 Å². The van der Waals surface area contributed by atoms with E-state index in [1.807, 2.05) is 43.3 Å². The van der Waals surface area contributed by atoms with Gasteiger partial charge in [-0.25, -0.2) is 4.79 Å². The van der Waals surface area contributed by atoms with Crippen LogP contribution in [-0.4, -0.2) is 38.1 Å². The first-order valence-corrected chi connectivity index (χ1v) is 8.63. The van der Waals surface area contributed by atoms with E-state index >= 15 is 0 Å². The van der Waals surface area contributed by atoms with Crippen LogP contribution in [-0.2, 0) is 20.9 Å². The van der Waals surface area contributed by atoms with Crippen LogP contribution in [0.5, 0.6) is 5.75 Å². The zero-order valence-electron chi connectivity index (χ0n) is 15.8. The molecule has 2 aromatic rings. The Kier molecular flexibility index (Phi) is 7.83. The van der Waals surface area contributed by atoms with Crippen molar-refractivity contribution in [1.82, 2.24) is 10.6 Å². The minimum atomic E-state index is -0.715. The van der Waals surface area contributed by atoms with Gasteiger partial charge in [-0.2, -0.15) is 0 Å². The number of carbonyl (C=O) groups is 3. The van der Waals surface area contributed by atoms with Gasteiger partial charge in [0.25, 0.3) is 0 Å². The molecular formula is C20H23N3O5. The summed E-state index contributed by atoms with van der Waals surface area (Å²) in [5.41, 5.74) is 2.31. The number of carbonyl (C=O) groups excluding carboxylic acids is 3. The van der Waals surface area contributed by atoms with E-state index in [0.29, 0.717) is 11.4 Å². The molecule has 0 aliphatic carbocycles. The standard InChI is InChI=1S/C20H23N3O5/c1-14-8-9-17(27-2)16(10-14)23-19(25)12-21-18(24)11-22-20(26)28-13-15-6-4-3-5-7-15/h3-10H,11-13H2,1-2H3,(H,21,24)(H,22,26)(H,23,25). The zero-order valence-corrected chi connectivity index (χ0v) is 15.8. The molecule has 8 nitrogen and oxygen atoms in total. The fourth-order valence-electron chi connectivity index (χ4n) is 2.28. The third-order valence-electron chi connectivity index (χ3n) is 3.68. The molecule has 0 aromatic heterocycles. The average molecular weight is 385 g/mol. The third-order valence-corrected chi connectivity index (χ3v) is 3.68. The quantitative estimate of drug-likeness (QED) is 0.644. The predicted octanol–water partition coefficient (Wildman–Crippen LogP) is 1.98. The lowest BCUT2D eigenvalue weighted by atomic mass is 10.2. The highest BCUT2D eigenvalue weighted by Gasteiger charge is 2.11. The van der Waals surface area contributed by atoms with Crippen molar-refractivity contribution in [3.8, 4) is 5.75 Å². The van der Waals surface area contributed by atoms with Crippen molar-refractivity contribution < 1.29 is 23.9 Å². The molecule has 8 heteroatoms. The summed E-state index contributed by atoms with van der Waals surface area (Å²) in [5, 5.41) is 7.42. The maximum atomic E-state index is 12.0. The summed E-state index contributed by atoms with van der Waals surface area (Å²) in [6.07, 6.45) is -0.715. The minimum Gasteiger partial charge on any atom is -0.495 e. The third kappa shape index (κ3) is 6.99. The summed E-state index contributed by atoms with van der Waals surface area (Å²) < 4.78 is 10.2. The first-order valence-electron chi connectivity index (χ1n) is 8.63. The van der Waals surface area contributed by atoms with E-state index in [1.165, 1.54) is 7.11 Å². The number of anilines is 1. The van der Waals surface area contributed by atoms with Crippen molar-refractivity contribution in [3.63, 3.8) is 0 Å². The van der Waals surface area contributed by atoms with Crippen LogP contribution < -0.4 is 20.7 Å². The van der Waals surface area contributed by atoms with Crippen molar-refractivity contribution >= 4 is 23.6 Å². The smallest absolute Gasteiger partial charge is 0.407 e. The van der Waals surface area contributed by atoms with E-state index in [9.17, 15) is 14.4 Å². The molecule has 3 amide bonds. The number of methoxy groups -OCH3 is 1. The number of hydrogen-bond acceptors (Lipinski definition) is 5. The first kappa shape index (κ1) is 20.8. The van der Waals surface area contributed by atoms with E-state index in [2.05, 4.69) is 16.0 Å². The number of nitrogens with one attached hydrogen (secondary N) is 3. The molecule has 0 bridgehead atoms. The fraction of sp³-hybridized carbons (Fsp3) is 0.250. The van der Waals surface area contributed by atoms with Crippen LogP contribution in [0.1, 0.15) is 11.1 Å². The molecule has 2 aromatic carbocycles. The molecule has 0 fully saturated rings. The summed E-state index contributed by atoms with van der Waals surface area (Å²) in [6.45, 7) is 1.46. The second kappa shape index (κ2) is 10.6. The van der Waals surface area contributed by atoms with Crippen molar-refractivity contribution in [2.24, 2.45) is 0 Å². The number of alkyl carbamates (subject to hydrolysis) is 1. The molecule has 0 radical (unpaired) electrons. The van der Waals surface area contributed by atoms with Gasteiger partial charge in [-0.05, 0) is 30.2 Å². The maximum Gasteiger partial charge on any atom is 0.407 e. The van der Waals surface area contributed by atoms with Crippen molar-refractivity contribution in [1.29, 1.82) is 0 Å². The number of amides is 3. The Morgan fingerprint density at radius 2 is 1.64 bits per heavy atom. The van der Waals surface area contributed by atoms with E-state index in [4.69, 9.17) is 9.47 Å². The lowest BCUT2D eigenvalue weighted by Gasteiger charge is -2.11. The number of aryl methyl sites for hydroxylation is 1. The molecule has 0 aliphatic rings. The highest BCUT2D eigenvalue weighted by molar-refractivity contribution is 5.96. The molecule has 0 aliphatic heterocycles. The van der Waals surface area contributed by atoms with Gasteiger partial charge in [0.15, 0.2) is 0 Å². The van der Waals surface area contributed by atoms with E-state index in [-0.39, 0.29) is 19.7 Å². The number of rotatable bonds is 8. The summed E-state index contributed by atoms with van der Waals surface area (Å²) in [4.78, 5) is 35.4. The molecule has 0 saturated carbocycles. The highest BCUT2D eigenvalue weighted by Crippen LogP contribution is 2.24. The Morgan fingerprint density at radius 1 is 0.929 bits per heavy atom. The molecule has 28 heavy (non-hydrogen) atoms. The van der Waals surface area contributed by atoms with Crippen LogP contribution in [0.25, 0.3) is 0 Å². The summed E-state index contributed by atoms with van der Waals surface area (Å²) in [6, 6.07) is 14.5. The van der Waals surface area contributed by atoms with Crippen molar-refractivity contribution in [2.45, 2.75) is 13.5 Å². The van der Waals surface area contributed by atoms with Crippen LogP contribution >= 0.6 is 0 Å². The van der Waals surface area contributed by atoms with Crippen molar-refractivity contribution in [2.75, 3.05) is 25.5 Å². The van der Waals surface area contributed by atoms with Gasteiger partial charge in [0, 0.05) is 0 Å². The van der Waals surface area contributed by atoms with E-state index < -0.39 is 17.9 Å². The molecule has 0 atom stereocenters. The second-order valence-electron chi connectivity index (χ2n) is 5.94. The Hall–Kier alpha value is -3.55. The van der Waals surface area contributed by atoms with Gasteiger partial charge in [0.05, 0.1) is 19.3 Å². The summed E-state index contributed by atoms with van der Waals surface area (Å²) in [5.74, 6) is -0.403. The van der Waals surface area contributed by atoms with Crippen molar-refractivity contribution in [3.05, 3.63) is 59.7 Å². The van der Waals surface area contributed by atoms with Gasteiger partial charge in [-0.3, -0.25) is 9.59 Å². The number of hydrogen-bond donors (Lipinski definition) is 3. The fourth-order valence-corrected chi connectivity index (χ4v) is 2.28. The molecule has 3 N–H and O–H groups in total. The molecule has 0 heterocycles. The molecule has 0 unspecified atom stereocenters. The SMILES string of the molecule is COc1ccc(C)cc1NC(=O)CNC(=O)CNC(=O)OCc1ccccc1. The molecule has 0 saturated heterocycles.